The maximum absolute atomic E-state index is 12.8. The zero-order chi connectivity index (χ0) is 14.6. The summed E-state index contributed by atoms with van der Waals surface area (Å²) >= 11 is 0. The van der Waals surface area contributed by atoms with Gasteiger partial charge in [-0.05, 0) is 53.2 Å². The summed E-state index contributed by atoms with van der Waals surface area (Å²) in [6.45, 7) is 12.2. The van der Waals surface area contributed by atoms with E-state index in [2.05, 4.69) is 20.8 Å². The largest absolute Gasteiger partial charge is 0.496 e. The number of hydrogen-bond acceptors (Lipinski definition) is 2. The van der Waals surface area contributed by atoms with Crippen LogP contribution in [0.5, 0.6) is 5.75 Å². The van der Waals surface area contributed by atoms with Crippen LogP contribution >= 0.6 is 0 Å². The maximum Gasteiger partial charge on any atom is 0.237 e. The van der Waals surface area contributed by atoms with Crippen LogP contribution in [0.15, 0.2) is 12.1 Å². The third kappa shape index (κ3) is 1.83. The van der Waals surface area contributed by atoms with E-state index in [0.29, 0.717) is 0 Å². The van der Waals surface area contributed by atoms with Gasteiger partial charge in [0.15, 0.2) is 0 Å². The number of ether oxygens (including phenoxy) is 1. The summed E-state index contributed by atoms with van der Waals surface area (Å²) in [5.74, 6) is 0.938. The van der Waals surface area contributed by atoms with Gasteiger partial charge in [0.1, 0.15) is 5.75 Å². The molecule has 1 aliphatic rings. The van der Waals surface area contributed by atoms with Crippen LogP contribution in [-0.2, 0) is 10.2 Å². The highest BCUT2D eigenvalue weighted by molar-refractivity contribution is 6.10. The Morgan fingerprint density at radius 2 is 1.79 bits per heavy atom. The molecule has 0 fully saturated rings. The number of hydrogen-bond donors (Lipinski definition) is 0. The lowest BCUT2D eigenvalue weighted by molar-refractivity contribution is -0.123. The van der Waals surface area contributed by atoms with E-state index >= 15 is 0 Å². The molecule has 3 nitrogen and oxygen atoms in total. The Hall–Kier alpha value is -1.51. The van der Waals surface area contributed by atoms with Crippen LogP contribution in [0.3, 0.4) is 0 Å². The Morgan fingerprint density at radius 1 is 1.21 bits per heavy atom. The Labute approximate surface area is 115 Å². The van der Waals surface area contributed by atoms with Crippen LogP contribution in [0.25, 0.3) is 0 Å². The second-order valence-electron chi connectivity index (χ2n) is 6.74. The quantitative estimate of drug-likeness (QED) is 0.775. The van der Waals surface area contributed by atoms with E-state index in [1.165, 1.54) is 0 Å². The molecule has 0 atom stereocenters. The molecule has 104 valence electrons. The minimum atomic E-state index is -0.542. The van der Waals surface area contributed by atoms with E-state index in [9.17, 15) is 4.79 Å². The van der Waals surface area contributed by atoms with Gasteiger partial charge >= 0.3 is 0 Å². The van der Waals surface area contributed by atoms with Crippen molar-refractivity contribution in [3.63, 3.8) is 0 Å². The van der Waals surface area contributed by atoms with Gasteiger partial charge in [0.05, 0.1) is 18.2 Å². The number of carbonyl (C=O) groups is 1. The Kier molecular flexibility index (Phi) is 2.92. The Balaban J connectivity index is 2.82. The Bertz CT molecular complexity index is 538. The van der Waals surface area contributed by atoms with Crippen molar-refractivity contribution in [2.75, 3.05) is 12.0 Å². The number of anilines is 1. The summed E-state index contributed by atoms with van der Waals surface area (Å²) in [5.41, 5.74) is 2.36. The SMILES string of the molecule is COc1ccc(C)c2c1C(C)(C)C(=O)N2C(C)(C)C. The molecule has 0 saturated carbocycles. The monoisotopic (exact) mass is 261 g/mol. The van der Waals surface area contributed by atoms with Crippen LogP contribution in [0.2, 0.25) is 0 Å². The minimum Gasteiger partial charge on any atom is -0.496 e. The van der Waals surface area contributed by atoms with Crippen molar-refractivity contribution in [1.29, 1.82) is 0 Å². The molecular formula is C16H23NO2. The number of methoxy groups -OCH3 is 1. The van der Waals surface area contributed by atoms with Crippen LogP contribution in [0.1, 0.15) is 45.7 Å². The first kappa shape index (κ1) is 13.9. The van der Waals surface area contributed by atoms with Crippen molar-refractivity contribution in [3.05, 3.63) is 23.3 Å². The molecule has 0 spiro atoms. The fourth-order valence-corrected chi connectivity index (χ4v) is 2.87. The third-order valence-electron chi connectivity index (χ3n) is 3.82. The van der Waals surface area contributed by atoms with Crippen LogP contribution < -0.4 is 9.64 Å². The van der Waals surface area contributed by atoms with Crippen LogP contribution in [-0.4, -0.2) is 18.6 Å². The second-order valence-corrected chi connectivity index (χ2v) is 6.74. The average molecular weight is 261 g/mol. The number of benzene rings is 1. The summed E-state index contributed by atoms with van der Waals surface area (Å²) < 4.78 is 5.48. The van der Waals surface area contributed by atoms with Crippen molar-refractivity contribution in [2.45, 2.75) is 52.5 Å². The zero-order valence-electron chi connectivity index (χ0n) is 12.9. The number of fused-ring (bicyclic) bond motifs is 1. The van der Waals surface area contributed by atoms with E-state index < -0.39 is 5.41 Å². The lowest BCUT2D eigenvalue weighted by atomic mass is 9.84. The second kappa shape index (κ2) is 3.99. The van der Waals surface area contributed by atoms with E-state index in [0.717, 1.165) is 22.6 Å². The molecule has 0 aromatic heterocycles. The topological polar surface area (TPSA) is 29.5 Å². The molecule has 1 aromatic rings. The maximum atomic E-state index is 12.8. The van der Waals surface area contributed by atoms with Gasteiger partial charge in [-0.25, -0.2) is 0 Å². The summed E-state index contributed by atoms with van der Waals surface area (Å²) in [6.07, 6.45) is 0. The Morgan fingerprint density at radius 3 is 2.26 bits per heavy atom. The smallest absolute Gasteiger partial charge is 0.237 e. The van der Waals surface area contributed by atoms with Crippen LogP contribution in [0.4, 0.5) is 5.69 Å². The average Bonchev–Trinajstić information content (AvgIpc) is 2.49. The highest BCUT2D eigenvalue weighted by atomic mass is 16.5. The summed E-state index contributed by atoms with van der Waals surface area (Å²) in [6, 6.07) is 3.97. The number of rotatable bonds is 1. The number of carbonyl (C=O) groups excluding carboxylic acids is 1. The van der Waals surface area contributed by atoms with Crippen LogP contribution in [0, 0.1) is 6.92 Å². The predicted octanol–water partition coefficient (Wildman–Crippen LogP) is 3.43. The fraction of sp³-hybridized carbons (Fsp3) is 0.562. The van der Waals surface area contributed by atoms with Crippen molar-refractivity contribution in [3.8, 4) is 5.75 Å². The van der Waals surface area contributed by atoms with Gasteiger partial charge in [0.2, 0.25) is 5.91 Å². The number of amides is 1. The first-order chi connectivity index (χ1) is 8.62. The van der Waals surface area contributed by atoms with E-state index in [-0.39, 0.29) is 11.4 Å². The molecule has 2 rings (SSSR count). The van der Waals surface area contributed by atoms with Gasteiger partial charge in [-0.2, -0.15) is 0 Å². The fourth-order valence-electron chi connectivity index (χ4n) is 2.87. The molecular weight excluding hydrogens is 238 g/mol. The first-order valence-corrected chi connectivity index (χ1v) is 6.65. The van der Waals surface area contributed by atoms with E-state index in [1.807, 2.05) is 37.8 Å². The highest BCUT2D eigenvalue weighted by Gasteiger charge is 2.50. The molecule has 1 aliphatic heterocycles. The summed E-state index contributed by atoms with van der Waals surface area (Å²) in [4.78, 5) is 14.7. The third-order valence-corrected chi connectivity index (χ3v) is 3.82. The summed E-state index contributed by atoms with van der Waals surface area (Å²) in [5, 5.41) is 0. The van der Waals surface area contributed by atoms with Crippen molar-refractivity contribution in [2.24, 2.45) is 0 Å². The van der Waals surface area contributed by atoms with Crippen molar-refractivity contribution >= 4 is 11.6 Å². The summed E-state index contributed by atoms with van der Waals surface area (Å²) in [7, 11) is 1.66. The molecule has 0 bridgehead atoms. The van der Waals surface area contributed by atoms with Gasteiger partial charge < -0.3 is 9.64 Å². The van der Waals surface area contributed by atoms with Crippen molar-refractivity contribution < 1.29 is 9.53 Å². The molecule has 0 saturated heterocycles. The molecule has 0 aliphatic carbocycles. The van der Waals surface area contributed by atoms with Gasteiger partial charge in [0, 0.05) is 11.1 Å². The molecule has 19 heavy (non-hydrogen) atoms. The molecule has 1 amide bonds. The molecule has 1 heterocycles. The first-order valence-electron chi connectivity index (χ1n) is 6.65. The number of nitrogens with zero attached hydrogens (tertiary/aromatic N) is 1. The lowest BCUT2D eigenvalue weighted by Gasteiger charge is -2.34. The standard InChI is InChI=1S/C16H23NO2/c1-10-8-9-11(19-7)12-13(10)17(15(2,3)4)14(18)16(12,5)6/h8-9H,1-7H3. The van der Waals surface area contributed by atoms with Gasteiger partial charge in [0.25, 0.3) is 0 Å². The molecule has 0 radical (unpaired) electrons. The zero-order valence-corrected chi connectivity index (χ0v) is 12.9. The predicted molar refractivity (Wildman–Crippen MR) is 78.0 cm³/mol. The van der Waals surface area contributed by atoms with Gasteiger partial charge in [-0.3, -0.25) is 4.79 Å². The molecule has 0 unspecified atom stereocenters. The molecule has 1 aromatic carbocycles. The van der Waals surface area contributed by atoms with E-state index in [1.54, 1.807) is 7.11 Å². The normalized spacial score (nSPS) is 17.6. The lowest BCUT2D eigenvalue weighted by Crippen LogP contribution is -2.47. The van der Waals surface area contributed by atoms with Crippen molar-refractivity contribution in [1.82, 2.24) is 0 Å². The highest BCUT2D eigenvalue weighted by Crippen LogP contribution is 2.50. The minimum absolute atomic E-state index is 0.141. The van der Waals surface area contributed by atoms with E-state index in [4.69, 9.17) is 4.74 Å². The number of aryl methyl sites for hydroxylation is 1. The van der Waals surface area contributed by atoms with Gasteiger partial charge in [-0.1, -0.05) is 6.07 Å². The molecule has 0 N–H and O–H groups in total. The molecule has 3 heteroatoms. The van der Waals surface area contributed by atoms with Gasteiger partial charge in [-0.15, -0.1) is 0 Å².